The number of H-pyrrole nitrogens is 1. The Labute approximate surface area is 206 Å². The molecule has 4 fully saturated rings. The average Bonchev–Trinajstić information content (AvgIpc) is 3.22. The Morgan fingerprint density at radius 2 is 1.42 bits per heavy atom. The summed E-state index contributed by atoms with van der Waals surface area (Å²) in [4.78, 5) is 12.4. The topological polar surface area (TPSA) is 59.8 Å². The third kappa shape index (κ3) is 3.94. The van der Waals surface area contributed by atoms with Crippen LogP contribution in [0.3, 0.4) is 0 Å². The van der Waals surface area contributed by atoms with Gasteiger partial charge in [0.1, 0.15) is 5.97 Å². The van der Waals surface area contributed by atoms with Crippen LogP contribution >= 0.6 is 0 Å². The zero-order valence-electron chi connectivity index (χ0n) is 19.7. The molecule has 4 aromatic rings. The van der Waals surface area contributed by atoms with Gasteiger partial charge >= 0.3 is 6.18 Å². The molecule has 2 aromatic carbocycles. The van der Waals surface area contributed by atoms with Gasteiger partial charge in [0.2, 0.25) is 0 Å². The predicted molar refractivity (Wildman–Crippen MR) is 129 cm³/mol. The largest absolute Gasteiger partial charge is 0.542 e. The molecule has 0 unspecified atom stereocenters. The van der Waals surface area contributed by atoms with E-state index in [4.69, 9.17) is 9.90 Å². The Kier molecular flexibility index (Phi) is 5.36. The maximum absolute atomic E-state index is 10.5. The first-order valence-electron chi connectivity index (χ1n) is 12.5. The van der Waals surface area contributed by atoms with Gasteiger partial charge in [-0.25, -0.2) is 0 Å². The molecule has 4 bridgehead atoms. The number of hydrogen-bond acceptors (Lipinski definition) is 2. The summed E-state index contributed by atoms with van der Waals surface area (Å²) in [6.07, 6.45) is 8.27. The highest BCUT2D eigenvalue weighted by molar-refractivity contribution is 6.11. The second-order valence-corrected chi connectivity index (χ2v) is 10.8. The number of alkyl halides is 3. The standard InChI is InChI=1S/C27H26N2.C2HF3O2/c1-2-7-25-23(4-1)24-6-3-5-22(26(24)28-25)21-8-10-29(11-9-21)27-15-18-12-19(16-27)14-20(13-18)17-27;3-2(4,5)1(6)7/h1-11,18-20H,12-17H2;(H,6,7). The van der Waals surface area contributed by atoms with E-state index in [0.717, 1.165) is 17.8 Å². The molecule has 0 amide bonds. The molecule has 0 atom stereocenters. The fourth-order valence-electron chi connectivity index (χ4n) is 7.42. The van der Waals surface area contributed by atoms with Crippen LogP contribution in [0, 0.1) is 17.8 Å². The maximum Gasteiger partial charge on any atom is 0.430 e. The molecular formula is C29H27F3N2O2. The third-order valence-corrected chi connectivity index (χ3v) is 8.47. The van der Waals surface area contributed by atoms with E-state index < -0.39 is 12.1 Å². The van der Waals surface area contributed by atoms with Crippen molar-refractivity contribution in [2.24, 2.45) is 17.8 Å². The quantitative estimate of drug-likeness (QED) is 0.376. The van der Waals surface area contributed by atoms with Gasteiger partial charge in [0.25, 0.3) is 0 Å². The Hall–Kier alpha value is -3.35. The van der Waals surface area contributed by atoms with E-state index in [9.17, 15) is 13.2 Å². The smallest absolute Gasteiger partial charge is 0.430 e. The Morgan fingerprint density at radius 1 is 0.861 bits per heavy atom. The first-order valence-corrected chi connectivity index (χ1v) is 12.5. The minimum Gasteiger partial charge on any atom is -0.542 e. The van der Waals surface area contributed by atoms with Gasteiger partial charge in [-0.15, -0.1) is 0 Å². The first kappa shape index (κ1) is 23.1. The highest BCUT2D eigenvalue weighted by Gasteiger charge is 2.56. The van der Waals surface area contributed by atoms with Crippen LogP contribution < -0.4 is 9.67 Å². The zero-order valence-corrected chi connectivity index (χ0v) is 19.7. The normalized spacial score (nSPS) is 26.7. The second-order valence-electron chi connectivity index (χ2n) is 10.8. The minimum absolute atomic E-state index is 0.403. The summed E-state index contributed by atoms with van der Waals surface area (Å²) in [7, 11) is 0. The second kappa shape index (κ2) is 8.36. The van der Waals surface area contributed by atoms with Gasteiger partial charge in [0.05, 0.1) is 5.52 Å². The molecule has 1 N–H and O–H groups in total. The van der Waals surface area contributed by atoms with Crippen molar-refractivity contribution in [1.82, 2.24) is 4.98 Å². The van der Waals surface area contributed by atoms with Crippen LogP contribution in [0.15, 0.2) is 67.0 Å². The van der Waals surface area contributed by atoms with Crippen molar-refractivity contribution in [2.45, 2.75) is 50.2 Å². The van der Waals surface area contributed by atoms with Crippen LogP contribution in [0.1, 0.15) is 38.5 Å². The molecule has 2 aromatic heterocycles. The van der Waals surface area contributed by atoms with E-state index in [1.165, 1.54) is 71.5 Å². The van der Waals surface area contributed by atoms with Gasteiger partial charge < -0.3 is 14.9 Å². The van der Waals surface area contributed by atoms with Crippen molar-refractivity contribution >= 4 is 27.8 Å². The predicted octanol–water partition coefficient (Wildman–Crippen LogP) is 5.50. The molecule has 186 valence electrons. The number of aromatic nitrogens is 2. The van der Waals surface area contributed by atoms with Crippen molar-refractivity contribution < 1.29 is 27.6 Å². The lowest BCUT2D eigenvalue weighted by molar-refractivity contribution is -0.776. The van der Waals surface area contributed by atoms with Crippen molar-refractivity contribution in [2.75, 3.05) is 0 Å². The molecule has 7 heteroatoms. The van der Waals surface area contributed by atoms with E-state index in [1.807, 2.05) is 0 Å². The number of nitrogens with zero attached hydrogens (tertiary/aromatic N) is 1. The highest BCUT2D eigenvalue weighted by atomic mass is 19.4. The molecule has 4 nitrogen and oxygen atoms in total. The summed E-state index contributed by atoms with van der Waals surface area (Å²) in [5.74, 6) is -0.0666. The van der Waals surface area contributed by atoms with Gasteiger partial charge in [-0.2, -0.15) is 17.7 Å². The number of para-hydroxylation sites is 2. The lowest BCUT2D eigenvalue weighted by atomic mass is 9.53. The molecule has 8 rings (SSSR count). The number of carbonyl (C=O) groups excluding carboxylic acids is 1. The molecule has 0 aliphatic heterocycles. The summed E-state index contributed by atoms with van der Waals surface area (Å²) in [6, 6.07) is 20.0. The monoisotopic (exact) mass is 492 g/mol. The van der Waals surface area contributed by atoms with Gasteiger partial charge in [0.15, 0.2) is 17.9 Å². The number of carbonyl (C=O) groups is 1. The number of carboxylic acids is 1. The number of carboxylic acid groups (broad SMARTS) is 1. The van der Waals surface area contributed by atoms with E-state index in [1.54, 1.807) is 0 Å². The van der Waals surface area contributed by atoms with Gasteiger partial charge in [0, 0.05) is 53.2 Å². The van der Waals surface area contributed by atoms with Gasteiger partial charge in [-0.05, 0) is 48.6 Å². The van der Waals surface area contributed by atoms with Crippen LogP contribution in [0.25, 0.3) is 32.9 Å². The van der Waals surface area contributed by atoms with Crippen LogP contribution in [-0.2, 0) is 10.3 Å². The molecule has 2 heterocycles. The molecule has 0 spiro atoms. The van der Waals surface area contributed by atoms with Crippen molar-refractivity contribution in [1.29, 1.82) is 0 Å². The fraction of sp³-hybridized carbons (Fsp3) is 0.379. The van der Waals surface area contributed by atoms with E-state index in [2.05, 4.69) is 76.5 Å². The SMILES string of the molecule is O=C([O-])C(F)(F)F.c1ccc2c(c1)[nH]c1c(-c3cc[n+](C45CC6CC(CC(C6)C4)C5)cc3)cccc12. The van der Waals surface area contributed by atoms with Crippen molar-refractivity contribution in [3.8, 4) is 11.1 Å². The summed E-state index contributed by atoms with van der Waals surface area (Å²) >= 11 is 0. The molecule has 0 radical (unpaired) electrons. The lowest BCUT2D eigenvalue weighted by Crippen LogP contribution is -2.64. The highest BCUT2D eigenvalue weighted by Crippen LogP contribution is 2.56. The lowest BCUT2D eigenvalue weighted by Gasteiger charge is -2.53. The molecule has 0 saturated heterocycles. The number of halogens is 3. The number of rotatable bonds is 2. The number of fused-ring (bicyclic) bond motifs is 3. The Morgan fingerprint density at radius 3 is 2.00 bits per heavy atom. The van der Waals surface area contributed by atoms with Crippen LogP contribution in [-0.4, -0.2) is 17.1 Å². The zero-order chi connectivity index (χ0) is 25.1. The van der Waals surface area contributed by atoms with Crippen LogP contribution in [0.5, 0.6) is 0 Å². The average molecular weight is 493 g/mol. The summed E-state index contributed by atoms with van der Waals surface area (Å²) < 4.78 is 34.1. The first-order chi connectivity index (χ1) is 17.2. The van der Waals surface area contributed by atoms with Crippen LogP contribution in [0.4, 0.5) is 13.2 Å². The molecule has 4 saturated carbocycles. The summed E-state index contributed by atoms with van der Waals surface area (Å²) in [5, 5.41) is 11.4. The summed E-state index contributed by atoms with van der Waals surface area (Å²) in [5.41, 5.74) is 5.48. The number of aliphatic carboxylic acids is 1. The molecule has 36 heavy (non-hydrogen) atoms. The van der Waals surface area contributed by atoms with E-state index in [0.29, 0.717) is 5.54 Å². The molecular weight excluding hydrogens is 465 g/mol. The number of benzene rings is 2. The maximum atomic E-state index is 10.5. The van der Waals surface area contributed by atoms with Gasteiger partial charge in [-0.3, -0.25) is 0 Å². The third-order valence-electron chi connectivity index (χ3n) is 8.47. The van der Waals surface area contributed by atoms with Crippen LogP contribution in [0.2, 0.25) is 0 Å². The molecule has 4 aliphatic carbocycles. The van der Waals surface area contributed by atoms with E-state index >= 15 is 0 Å². The number of aromatic amines is 1. The Balaban J connectivity index is 0.000000305. The van der Waals surface area contributed by atoms with Gasteiger partial charge in [-0.1, -0.05) is 36.4 Å². The number of pyridine rings is 1. The van der Waals surface area contributed by atoms with E-state index in [-0.39, 0.29) is 0 Å². The summed E-state index contributed by atoms with van der Waals surface area (Å²) in [6.45, 7) is 0. The Bertz CT molecular complexity index is 1400. The number of hydrogen-bond donors (Lipinski definition) is 1. The van der Waals surface area contributed by atoms with Crippen molar-refractivity contribution in [3.63, 3.8) is 0 Å². The minimum atomic E-state index is -5.19. The van der Waals surface area contributed by atoms with Crippen molar-refractivity contribution in [3.05, 3.63) is 67.0 Å². The number of nitrogens with one attached hydrogen (secondary N) is 1. The molecule has 4 aliphatic rings. The fourth-order valence-corrected chi connectivity index (χ4v) is 7.42.